The lowest BCUT2D eigenvalue weighted by Gasteiger charge is -2.27. The molecule has 2 aromatic heterocycles. The molecule has 0 N–H and O–H groups in total. The number of anilines is 1. The van der Waals surface area contributed by atoms with Gasteiger partial charge in [0.25, 0.3) is 0 Å². The molecule has 0 bridgehead atoms. The molecule has 0 spiro atoms. The second kappa shape index (κ2) is 7.51. The molecule has 1 aliphatic rings. The van der Waals surface area contributed by atoms with Crippen LogP contribution in [0.15, 0.2) is 24.3 Å². The zero-order valence-corrected chi connectivity index (χ0v) is 16.9. The average Bonchev–Trinajstić information content (AvgIpc) is 3.04. The van der Waals surface area contributed by atoms with Gasteiger partial charge >= 0.3 is 0 Å². The maximum Gasteiger partial charge on any atom is 0.170 e. The van der Waals surface area contributed by atoms with Gasteiger partial charge in [0.1, 0.15) is 11.5 Å². The fraction of sp³-hybridized carbons (Fsp3) is 0.316. The Morgan fingerprint density at radius 2 is 2.11 bits per heavy atom. The van der Waals surface area contributed by atoms with Crippen molar-refractivity contribution >= 4 is 40.3 Å². The van der Waals surface area contributed by atoms with E-state index in [2.05, 4.69) is 32.5 Å². The summed E-state index contributed by atoms with van der Waals surface area (Å²) in [6, 6.07) is 6.95. The number of hydrogen-bond acceptors (Lipinski definition) is 5. The number of nitrogens with zero attached hydrogens (tertiary/aromatic N) is 4. The quantitative estimate of drug-likeness (QED) is 0.425. The topological polar surface area (TPSA) is 59.7 Å². The zero-order chi connectivity index (χ0) is 19.0. The minimum absolute atomic E-state index is 0.259. The molecule has 1 aromatic carbocycles. The highest BCUT2D eigenvalue weighted by molar-refractivity contribution is 14.1. The number of benzene rings is 1. The first-order chi connectivity index (χ1) is 13.1. The third-order valence-electron chi connectivity index (χ3n) is 4.83. The van der Waals surface area contributed by atoms with Crippen molar-refractivity contribution < 1.29 is 13.9 Å². The first-order valence-corrected chi connectivity index (χ1v) is 9.76. The number of morpholine rings is 1. The van der Waals surface area contributed by atoms with E-state index in [0.29, 0.717) is 42.2 Å². The van der Waals surface area contributed by atoms with Gasteiger partial charge in [0.15, 0.2) is 17.8 Å². The zero-order valence-electron chi connectivity index (χ0n) is 14.8. The average molecular weight is 480 g/mol. The molecule has 0 amide bonds. The highest BCUT2D eigenvalue weighted by Gasteiger charge is 2.20. The summed E-state index contributed by atoms with van der Waals surface area (Å²) in [5.74, 6) is 0.563. The Morgan fingerprint density at radius 1 is 1.33 bits per heavy atom. The van der Waals surface area contributed by atoms with Gasteiger partial charge in [0.2, 0.25) is 0 Å². The second-order valence-corrected chi connectivity index (χ2v) is 7.61. The van der Waals surface area contributed by atoms with Crippen LogP contribution in [0.4, 0.5) is 10.2 Å². The maximum atomic E-state index is 13.9. The minimum Gasteiger partial charge on any atom is -0.378 e. The first-order valence-electron chi connectivity index (χ1n) is 8.68. The van der Waals surface area contributed by atoms with E-state index in [4.69, 9.17) is 9.84 Å². The lowest BCUT2D eigenvalue weighted by Crippen LogP contribution is -2.37. The summed E-state index contributed by atoms with van der Waals surface area (Å²) in [6.45, 7) is 4.60. The van der Waals surface area contributed by atoms with E-state index in [-0.39, 0.29) is 5.82 Å². The van der Waals surface area contributed by atoms with E-state index in [9.17, 15) is 9.18 Å². The van der Waals surface area contributed by atoms with Crippen molar-refractivity contribution in [1.82, 2.24) is 14.6 Å². The van der Waals surface area contributed by atoms with Crippen LogP contribution in [-0.2, 0) is 11.2 Å². The van der Waals surface area contributed by atoms with Crippen LogP contribution >= 0.6 is 22.6 Å². The molecular formula is C19H18FIN4O2. The standard InChI is InChI=1S/C19H18FIN4O2/c1-12-13(3-2-4-14(12)20)9-17-16(11-26)22-19-15(21)10-18(23-25(17)19)24-5-7-27-8-6-24/h2-4,10-11H,5-9H2,1H3. The smallest absolute Gasteiger partial charge is 0.170 e. The molecule has 1 fully saturated rings. The van der Waals surface area contributed by atoms with Crippen LogP contribution in [0.1, 0.15) is 27.3 Å². The Hall–Kier alpha value is -2.07. The van der Waals surface area contributed by atoms with Crippen LogP contribution in [-0.4, -0.2) is 47.2 Å². The normalized spacial score (nSPS) is 14.7. The van der Waals surface area contributed by atoms with Crippen LogP contribution < -0.4 is 4.90 Å². The van der Waals surface area contributed by atoms with E-state index in [0.717, 1.165) is 34.3 Å². The summed E-state index contributed by atoms with van der Waals surface area (Å²) in [7, 11) is 0. The van der Waals surface area contributed by atoms with Crippen LogP contribution in [0.5, 0.6) is 0 Å². The molecule has 0 saturated carbocycles. The van der Waals surface area contributed by atoms with Gasteiger partial charge < -0.3 is 9.64 Å². The number of aromatic nitrogens is 3. The van der Waals surface area contributed by atoms with Crippen LogP contribution in [0.2, 0.25) is 0 Å². The molecule has 140 valence electrons. The Morgan fingerprint density at radius 3 is 2.85 bits per heavy atom. The summed E-state index contributed by atoms with van der Waals surface area (Å²) in [5.41, 5.74) is 3.03. The molecular weight excluding hydrogens is 462 g/mol. The number of halogens is 2. The molecule has 1 aliphatic heterocycles. The molecule has 3 heterocycles. The second-order valence-electron chi connectivity index (χ2n) is 6.45. The largest absolute Gasteiger partial charge is 0.378 e. The molecule has 0 unspecified atom stereocenters. The van der Waals surface area contributed by atoms with Crippen molar-refractivity contribution in [3.63, 3.8) is 0 Å². The minimum atomic E-state index is -0.259. The number of aldehydes is 1. The van der Waals surface area contributed by atoms with E-state index in [1.807, 2.05) is 12.1 Å². The monoisotopic (exact) mass is 480 g/mol. The van der Waals surface area contributed by atoms with Crippen molar-refractivity contribution in [1.29, 1.82) is 0 Å². The van der Waals surface area contributed by atoms with Gasteiger partial charge in [-0.25, -0.2) is 13.9 Å². The fourth-order valence-corrected chi connectivity index (χ4v) is 3.89. The van der Waals surface area contributed by atoms with Crippen molar-refractivity contribution in [3.05, 3.63) is 56.2 Å². The van der Waals surface area contributed by atoms with Crippen LogP contribution in [0.25, 0.3) is 5.65 Å². The molecule has 8 heteroatoms. The number of carbonyl (C=O) groups excluding carboxylic acids is 1. The third kappa shape index (κ3) is 3.43. The molecule has 0 aliphatic carbocycles. The van der Waals surface area contributed by atoms with Crippen LogP contribution in [0, 0.1) is 16.3 Å². The van der Waals surface area contributed by atoms with Crippen molar-refractivity contribution in [2.45, 2.75) is 13.3 Å². The van der Waals surface area contributed by atoms with Gasteiger partial charge in [-0.2, -0.15) is 0 Å². The molecule has 3 aromatic rings. The fourth-order valence-electron chi connectivity index (χ4n) is 3.26. The highest BCUT2D eigenvalue weighted by Crippen LogP contribution is 2.24. The molecule has 27 heavy (non-hydrogen) atoms. The number of hydrogen-bond donors (Lipinski definition) is 0. The molecule has 4 rings (SSSR count). The van der Waals surface area contributed by atoms with Crippen molar-refractivity contribution in [3.8, 4) is 0 Å². The van der Waals surface area contributed by atoms with E-state index >= 15 is 0 Å². The van der Waals surface area contributed by atoms with Gasteiger partial charge in [0.05, 0.1) is 22.5 Å². The van der Waals surface area contributed by atoms with Gasteiger partial charge in [-0.3, -0.25) is 4.79 Å². The van der Waals surface area contributed by atoms with E-state index < -0.39 is 0 Å². The van der Waals surface area contributed by atoms with Crippen molar-refractivity contribution in [2.75, 3.05) is 31.2 Å². The lowest BCUT2D eigenvalue weighted by atomic mass is 10.0. The Kier molecular flexibility index (Phi) is 5.09. The van der Waals surface area contributed by atoms with E-state index in [1.54, 1.807) is 17.5 Å². The Balaban J connectivity index is 1.83. The molecule has 0 atom stereocenters. The predicted molar refractivity (Wildman–Crippen MR) is 108 cm³/mol. The molecule has 6 nitrogen and oxygen atoms in total. The van der Waals surface area contributed by atoms with Gasteiger partial charge in [-0.05, 0) is 52.8 Å². The summed E-state index contributed by atoms with van der Waals surface area (Å²) >= 11 is 2.21. The third-order valence-corrected chi connectivity index (χ3v) is 5.63. The molecule has 1 saturated heterocycles. The Labute approximate surface area is 169 Å². The SMILES string of the molecule is Cc1c(F)cccc1Cc1c(C=O)nc2c(I)cc(N3CCOCC3)nn12. The van der Waals surface area contributed by atoms with Gasteiger partial charge in [-0.15, -0.1) is 5.10 Å². The lowest BCUT2D eigenvalue weighted by molar-refractivity contribution is 0.111. The summed E-state index contributed by atoms with van der Waals surface area (Å²) in [4.78, 5) is 18.2. The predicted octanol–water partition coefficient (Wildman–Crippen LogP) is 3.02. The maximum absolute atomic E-state index is 13.9. The van der Waals surface area contributed by atoms with Crippen LogP contribution in [0.3, 0.4) is 0 Å². The summed E-state index contributed by atoms with van der Waals surface area (Å²) in [5, 5.41) is 4.74. The summed E-state index contributed by atoms with van der Waals surface area (Å²) < 4.78 is 22.0. The number of imidazole rings is 1. The number of carbonyl (C=O) groups is 1. The highest BCUT2D eigenvalue weighted by atomic mass is 127. The number of fused-ring (bicyclic) bond motifs is 1. The molecule has 0 radical (unpaired) electrons. The van der Waals surface area contributed by atoms with E-state index in [1.165, 1.54) is 6.07 Å². The first kappa shape index (κ1) is 18.3. The van der Waals surface area contributed by atoms with Gasteiger partial charge in [0, 0.05) is 19.5 Å². The number of rotatable bonds is 4. The Bertz CT molecular complexity index is 1010. The summed E-state index contributed by atoms with van der Waals surface area (Å²) in [6.07, 6.45) is 1.12. The van der Waals surface area contributed by atoms with Gasteiger partial charge in [-0.1, -0.05) is 12.1 Å². The van der Waals surface area contributed by atoms with Crippen molar-refractivity contribution in [2.24, 2.45) is 0 Å². The number of ether oxygens (including phenoxy) is 1.